The van der Waals surface area contributed by atoms with Crippen LogP contribution in [-0.4, -0.2) is 44.6 Å². The number of aromatic amines is 1. The van der Waals surface area contributed by atoms with Crippen LogP contribution in [0.4, 0.5) is 5.69 Å². The molecule has 0 aliphatic rings. The zero-order chi connectivity index (χ0) is 23.4. The number of amides is 1. The van der Waals surface area contributed by atoms with Crippen molar-refractivity contribution in [2.45, 2.75) is 33.4 Å². The lowest BCUT2D eigenvalue weighted by atomic mass is 10.2. The molecule has 0 bridgehead atoms. The first-order chi connectivity index (χ1) is 16.0. The molecule has 0 fully saturated rings. The van der Waals surface area contributed by atoms with Gasteiger partial charge in [0, 0.05) is 48.8 Å². The van der Waals surface area contributed by atoms with E-state index in [9.17, 15) is 14.4 Å². The van der Waals surface area contributed by atoms with Crippen molar-refractivity contribution in [1.82, 2.24) is 19.0 Å². The number of carbonyl (C=O) groups is 1. The predicted molar refractivity (Wildman–Crippen MR) is 132 cm³/mol. The number of aromatic nitrogens is 3. The average molecular weight is 448 g/mol. The third kappa shape index (κ3) is 4.90. The van der Waals surface area contributed by atoms with E-state index >= 15 is 0 Å². The normalized spacial score (nSPS) is 11.5. The number of fused-ring (bicyclic) bond motifs is 2. The molecule has 33 heavy (non-hydrogen) atoms. The lowest BCUT2D eigenvalue weighted by molar-refractivity contribution is -0.116. The SMILES string of the molecule is CCN(CC)CCn1ccc2cc(NC(=O)CCn3c(=O)[nH]c(=O)c4ccccc43)ccc21. The number of hydrogen-bond donors (Lipinski definition) is 2. The van der Waals surface area contributed by atoms with Crippen LogP contribution < -0.4 is 16.6 Å². The maximum absolute atomic E-state index is 12.6. The minimum atomic E-state index is -0.515. The number of likely N-dealkylation sites (N-methyl/N-ethyl adjacent to an activating group) is 1. The Hall–Kier alpha value is -3.65. The second-order valence-electron chi connectivity index (χ2n) is 8.04. The summed E-state index contributed by atoms with van der Waals surface area (Å²) in [4.78, 5) is 41.5. The Morgan fingerprint density at radius 2 is 1.79 bits per heavy atom. The number of para-hydroxylation sites is 1. The molecule has 0 unspecified atom stereocenters. The highest BCUT2D eigenvalue weighted by atomic mass is 16.2. The lowest BCUT2D eigenvalue weighted by Gasteiger charge is -2.18. The third-order valence-electron chi connectivity index (χ3n) is 6.07. The van der Waals surface area contributed by atoms with Crippen molar-refractivity contribution < 1.29 is 4.79 Å². The summed E-state index contributed by atoms with van der Waals surface area (Å²) in [7, 11) is 0. The molecule has 2 N–H and O–H groups in total. The Balaban J connectivity index is 1.43. The van der Waals surface area contributed by atoms with Gasteiger partial charge in [0.15, 0.2) is 0 Å². The summed E-state index contributed by atoms with van der Waals surface area (Å²) in [5.74, 6) is -0.197. The van der Waals surface area contributed by atoms with Gasteiger partial charge in [0.1, 0.15) is 0 Å². The van der Waals surface area contributed by atoms with E-state index in [-0.39, 0.29) is 18.9 Å². The van der Waals surface area contributed by atoms with Crippen molar-refractivity contribution in [2.75, 3.05) is 25.0 Å². The molecular weight excluding hydrogens is 418 g/mol. The monoisotopic (exact) mass is 447 g/mol. The van der Waals surface area contributed by atoms with Gasteiger partial charge in [-0.25, -0.2) is 4.79 Å². The van der Waals surface area contributed by atoms with Crippen LogP contribution in [0.1, 0.15) is 20.3 Å². The largest absolute Gasteiger partial charge is 0.346 e. The van der Waals surface area contributed by atoms with Crippen LogP contribution in [0, 0.1) is 0 Å². The molecule has 0 aliphatic heterocycles. The number of nitrogens with one attached hydrogen (secondary N) is 2. The molecule has 0 saturated carbocycles. The molecule has 8 heteroatoms. The Bertz CT molecular complexity index is 1390. The molecule has 4 rings (SSSR count). The summed E-state index contributed by atoms with van der Waals surface area (Å²) in [6.45, 7) is 8.49. The first-order valence-corrected chi connectivity index (χ1v) is 11.3. The Labute approximate surface area is 191 Å². The second-order valence-corrected chi connectivity index (χ2v) is 8.04. The highest BCUT2D eigenvalue weighted by Gasteiger charge is 2.10. The van der Waals surface area contributed by atoms with Gasteiger partial charge in [0.25, 0.3) is 5.56 Å². The minimum Gasteiger partial charge on any atom is -0.346 e. The lowest BCUT2D eigenvalue weighted by Crippen LogP contribution is -2.31. The van der Waals surface area contributed by atoms with Crippen molar-refractivity contribution in [3.05, 3.63) is 75.6 Å². The van der Waals surface area contributed by atoms with Crippen LogP contribution in [0.5, 0.6) is 0 Å². The van der Waals surface area contributed by atoms with Crippen molar-refractivity contribution in [1.29, 1.82) is 0 Å². The topological polar surface area (TPSA) is 92.1 Å². The zero-order valence-electron chi connectivity index (χ0n) is 19.0. The Morgan fingerprint density at radius 1 is 1.00 bits per heavy atom. The van der Waals surface area contributed by atoms with E-state index in [2.05, 4.69) is 45.9 Å². The number of benzene rings is 2. The first kappa shape index (κ1) is 22.5. The molecule has 8 nitrogen and oxygen atoms in total. The van der Waals surface area contributed by atoms with Gasteiger partial charge in [-0.1, -0.05) is 26.0 Å². The standard InChI is InChI=1S/C25H29N5O3/c1-3-28(4-2)15-16-29-13-11-18-17-19(9-10-21(18)29)26-23(31)12-14-30-22-8-6-5-7-20(22)24(32)27-25(30)33/h5-11,13,17H,3-4,12,14-16H2,1-2H3,(H,26,31)(H,27,32,33). The number of H-pyrrole nitrogens is 1. The summed E-state index contributed by atoms with van der Waals surface area (Å²) < 4.78 is 3.66. The molecule has 2 aromatic carbocycles. The van der Waals surface area contributed by atoms with Crippen molar-refractivity contribution in [3.63, 3.8) is 0 Å². The summed E-state index contributed by atoms with van der Waals surface area (Å²) >= 11 is 0. The molecule has 0 aliphatic carbocycles. The molecule has 2 heterocycles. The van der Waals surface area contributed by atoms with Gasteiger partial charge in [0.05, 0.1) is 10.9 Å². The summed E-state index contributed by atoms with van der Waals surface area (Å²) in [6, 6.07) is 14.8. The smallest absolute Gasteiger partial charge is 0.328 e. The van der Waals surface area contributed by atoms with Crippen LogP contribution in [-0.2, 0) is 17.9 Å². The van der Waals surface area contributed by atoms with Gasteiger partial charge in [0.2, 0.25) is 5.91 Å². The van der Waals surface area contributed by atoms with Crippen molar-refractivity contribution in [2.24, 2.45) is 0 Å². The van der Waals surface area contributed by atoms with Crippen LogP contribution in [0.3, 0.4) is 0 Å². The van der Waals surface area contributed by atoms with Gasteiger partial charge < -0.3 is 14.8 Å². The maximum atomic E-state index is 12.6. The maximum Gasteiger partial charge on any atom is 0.328 e. The number of nitrogens with zero attached hydrogens (tertiary/aromatic N) is 3. The van der Waals surface area contributed by atoms with Crippen molar-refractivity contribution in [3.8, 4) is 0 Å². The highest BCUT2D eigenvalue weighted by molar-refractivity contribution is 5.94. The summed E-state index contributed by atoms with van der Waals surface area (Å²) in [5.41, 5.74) is 1.43. The molecule has 1 amide bonds. The molecule has 172 valence electrons. The molecule has 0 spiro atoms. The fourth-order valence-electron chi connectivity index (χ4n) is 4.16. The van der Waals surface area contributed by atoms with Gasteiger partial charge in [-0.15, -0.1) is 0 Å². The van der Waals surface area contributed by atoms with Gasteiger partial charge in [-0.2, -0.15) is 0 Å². The molecular formula is C25H29N5O3. The molecule has 2 aromatic heterocycles. The third-order valence-corrected chi connectivity index (χ3v) is 6.07. The predicted octanol–water partition coefficient (Wildman–Crippen LogP) is 3.02. The van der Waals surface area contributed by atoms with E-state index in [1.54, 1.807) is 24.3 Å². The van der Waals surface area contributed by atoms with Crippen molar-refractivity contribution >= 4 is 33.4 Å². The molecule has 0 radical (unpaired) electrons. The Morgan fingerprint density at radius 3 is 2.58 bits per heavy atom. The number of aryl methyl sites for hydroxylation is 1. The number of carbonyl (C=O) groups excluding carboxylic acids is 1. The number of hydrogen-bond acceptors (Lipinski definition) is 4. The number of anilines is 1. The van der Waals surface area contributed by atoms with Crippen LogP contribution in [0.25, 0.3) is 21.8 Å². The molecule has 4 aromatic rings. The average Bonchev–Trinajstić information content (AvgIpc) is 3.22. The fourth-order valence-corrected chi connectivity index (χ4v) is 4.16. The zero-order valence-corrected chi connectivity index (χ0v) is 19.0. The van der Waals surface area contributed by atoms with Gasteiger partial charge in [-0.3, -0.25) is 19.1 Å². The molecule has 0 saturated heterocycles. The summed E-state index contributed by atoms with van der Waals surface area (Å²) in [6.07, 6.45) is 2.19. The van der Waals surface area contributed by atoms with E-state index in [1.165, 1.54) is 4.57 Å². The van der Waals surface area contributed by atoms with Crippen LogP contribution in [0.15, 0.2) is 64.3 Å². The fraction of sp³-hybridized carbons (Fsp3) is 0.320. The minimum absolute atomic E-state index is 0.110. The first-order valence-electron chi connectivity index (χ1n) is 11.3. The van der Waals surface area contributed by atoms with Gasteiger partial charge >= 0.3 is 5.69 Å². The number of rotatable bonds is 9. The van der Waals surface area contributed by atoms with E-state index in [1.807, 2.05) is 18.2 Å². The van der Waals surface area contributed by atoms with E-state index in [4.69, 9.17) is 0 Å². The van der Waals surface area contributed by atoms with E-state index in [0.717, 1.165) is 37.1 Å². The molecule has 0 atom stereocenters. The van der Waals surface area contributed by atoms with Crippen LogP contribution in [0.2, 0.25) is 0 Å². The van der Waals surface area contributed by atoms with Gasteiger partial charge in [-0.05, 0) is 49.5 Å². The van der Waals surface area contributed by atoms with Crippen LogP contribution >= 0.6 is 0 Å². The van der Waals surface area contributed by atoms with E-state index in [0.29, 0.717) is 16.6 Å². The quantitative estimate of drug-likeness (QED) is 0.413. The Kier molecular flexibility index (Phi) is 6.74. The highest BCUT2D eigenvalue weighted by Crippen LogP contribution is 2.21. The second kappa shape index (κ2) is 9.87. The van der Waals surface area contributed by atoms with E-state index < -0.39 is 11.2 Å². The summed E-state index contributed by atoms with van der Waals surface area (Å²) in [5, 5.41) is 4.41.